The minimum absolute atomic E-state index is 0.0776. The zero-order valence-corrected chi connectivity index (χ0v) is 16.8. The van der Waals surface area contributed by atoms with E-state index in [1.54, 1.807) is 24.3 Å². The number of hydrogen-bond acceptors (Lipinski definition) is 4. The quantitative estimate of drug-likeness (QED) is 0.454. The number of rotatable bonds is 8. The molecule has 0 aliphatic heterocycles. The number of hydrazine groups is 1. The fraction of sp³-hybridized carbons (Fsp3) is 0.318. The molecule has 2 N–H and O–H groups in total. The summed E-state index contributed by atoms with van der Waals surface area (Å²) >= 11 is 0. The summed E-state index contributed by atoms with van der Waals surface area (Å²) in [7, 11) is 0. The normalized spacial score (nSPS) is 10.7. The zero-order chi connectivity index (χ0) is 20.6. The van der Waals surface area contributed by atoms with Crippen LogP contribution in [0.4, 0.5) is 0 Å². The van der Waals surface area contributed by atoms with Gasteiger partial charge in [-0.2, -0.15) is 0 Å². The Morgan fingerprint density at radius 3 is 2.52 bits per heavy atom. The first-order valence-corrected chi connectivity index (χ1v) is 9.88. The molecule has 0 spiro atoms. The van der Waals surface area contributed by atoms with Crippen molar-refractivity contribution in [3.05, 3.63) is 59.9 Å². The van der Waals surface area contributed by atoms with E-state index in [9.17, 15) is 9.59 Å². The van der Waals surface area contributed by atoms with Gasteiger partial charge in [-0.15, -0.1) is 0 Å². The van der Waals surface area contributed by atoms with Gasteiger partial charge in [0.2, 0.25) is 0 Å². The van der Waals surface area contributed by atoms with Crippen molar-refractivity contribution in [2.45, 2.75) is 39.7 Å². The molecule has 1 aromatic heterocycles. The van der Waals surface area contributed by atoms with Crippen molar-refractivity contribution >= 4 is 22.8 Å². The smallest absolute Gasteiger partial charge is 0.269 e. The number of nitrogens with one attached hydrogen (secondary N) is 2. The molecule has 0 aliphatic carbocycles. The molecule has 2 amide bonds. The van der Waals surface area contributed by atoms with Crippen LogP contribution in [-0.4, -0.2) is 28.0 Å². The van der Waals surface area contributed by atoms with Gasteiger partial charge in [-0.25, -0.2) is 4.98 Å². The number of carbonyl (C=O) groups excluding carboxylic acids is 2. The number of para-hydroxylation sites is 2. The van der Waals surface area contributed by atoms with Crippen LogP contribution in [0.2, 0.25) is 0 Å². The van der Waals surface area contributed by atoms with Crippen molar-refractivity contribution < 1.29 is 14.3 Å². The second-order valence-corrected chi connectivity index (χ2v) is 6.69. The van der Waals surface area contributed by atoms with Crippen LogP contribution in [0.3, 0.4) is 0 Å². The summed E-state index contributed by atoms with van der Waals surface area (Å²) < 4.78 is 7.45. The maximum atomic E-state index is 12.4. The lowest BCUT2D eigenvalue weighted by atomic mass is 10.2. The number of carbonyl (C=O) groups is 2. The number of benzene rings is 2. The van der Waals surface area contributed by atoms with Crippen LogP contribution in [0.25, 0.3) is 11.0 Å². The van der Waals surface area contributed by atoms with Gasteiger partial charge in [0.05, 0.1) is 17.6 Å². The molecular weight excluding hydrogens is 368 g/mol. The van der Waals surface area contributed by atoms with Crippen molar-refractivity contribution in [1.29, 1.82) is 0 Å². The summed E-state index contributed by atoms with van der Waals surface area (Å²) in [6, 6.07) is 14.5. The Bertz CT molecular complexity index is 979. The highest BCUT2D eigenvalue weighted by Crippen LogP contribution is 2.16. The lowest BCUT2D eigenvalue weighted by molar-refractivity contribution is -0.122. The fourth-order valence-electron chi connectivity index (χ4n) is 2.99. The number of aromatic nitrogens is 2. The highest BCUT2D eigenvalue weighted by atomic mass is 16.5. The maximum Gasteiger partial charge on any atom is 0.269 e. The van der Waals surface area contributed by atoms with E-state index in [4.69, 9.17) is 4.74 Å². The SMILES string of the molecule is CCCCOc1ccc(C(=O)NNC(=O)Cn2c(CC)nc3ccccc32)cc1. The van der Waals surface area contributed by atoms with Crippen molar-refractivity contribution in [3.63, 3.8) is 0 Å². The molecule has 0 bridgehead atoms. The largest absolute Gasteiger partial charge is 0.494 e. The average Bonchev–Trinajstić information content (AvgIpc) is 3.10. The predicted molar refractivity (Wildman–Crippen MR) is 112 cm³/mol. The van der Waals surface area contributed by atoms with E-state index < -0.39 is 0 Å². The van der Waals surface area contributed by atoms with Crippen molar-refractivity contribution in [2.24, 2.45) is 0 Å². The summed E-state index contributed by atoms with van der Waals surface area (Å²) in [5, 5.41) is 0. The molecule has 7 heteroatoms. The molecule has 29 heavy (non-hydrogen) atoms. The van der Waals surface area contributed by atoms with Gasteiger partial charge in [-0.3, -0.25) is 20.4 Å². The Morgan fingerprint density at radius 2 is 1.79 bits per heavy atom. The number of amides is 2. The summed E-state index contributed by atoms with van der Waals surface area (Å²) in [5.41, 5.74) is 7.11. The number of imidazole rings is 1. The topological polar surface area (TPSA) is 85.3 Å². The van der Waals surface area contributed by atoms with Crippen LogP contribution in [0.5, 0.6) is 5.75 Å². The van der Waals surface area contributed by atoms with Crippen LogP contribution < -0.4 is 15.6 Å². The van der Waals surface area contributed by atoms with Gasteiger partial charge in [0.1, 0.15) is 18.1 Å². The molecule has 0 fully saturated rings. The second-order valence-electron chi connectivity index (χ2n) is 6.69. The third-order valence-corrected chi connectivity index (χ3v) is 4.55. The molecule has 0 radical (unpaired) electrons. The van der Waals surface area contributed by atoms with E-state index >= 15 is 0 Å². The van der Waals surface area contributed by atoms with Gasteiger partial charge in [0, 0.05) is 12.0 Å². The van der Waals surface area contributed by atoms with E-state index in [-0.39, 0.29) is 18.4 Å². The zero-order valence-electron chi connectivity index (χ0n) is 16.8. The van der Waals surface area contributed by atoms with Crippen LogP contribution in [-0.2, 0) is 17.8 Å². The summed E-state index contributed by atoms with van der Waals surface area (Å²) in [4.78, 5) is 29.2. The predicted octanol–water partition coefficient (Wildman–Crippen LogP) is 3.24. The van der Waals surface area contributed by atoms with Crippen LogP contribution in [0, 0.1) is 0 Å². The molecule has 0 saturated carbocycles. The molecule has 152 valence electrons. The van der Waals surface area contributed by atoms with E-state index in [0.29, 0.717) is 18.6 Å². The van der Waals surface area contributed by atoms with Gasteiger partial charge in [-0.1, -0.05) is 32.4 Å². The van der Waals surface area contributed by atoms with Crippen molar-refractivity contribution in [1.82, 2.24) is 20.4 Å². The fourth-order valence-corrected chi connectivity index (χ4v) is 2.99. The maximum absolute atomic E-state index is 12.4. The van der Waals surface area contributed by atoms with Crippen LogP contribution in [0.1, 0.15) is 42.9 Å². The second kappa shape index (κ2) is 9.73. The lowest BCUT2D eigenvalue weighted by Gasteiger charge is -2.11. The Hall–Kier alpha value is -3.35. The first-order valence-electron chi connectivity index (χ1n) is 9.88. The summed E-state index contributed by atoms with van der Waals surface area (Å²) in [6.45, 7) is 4.82. The number of ether oxygens (including phenoxy) is 1. The monoisotopic (exact) mass is 394 g/mol. The molecule has 7 nitrogen and oxygen atoms in total. The van der Waals surface area contributed by atoms with Crippen LogP contribution in [0.15, 0.2) is 48.5 Å². The molecule has 0 saturated heterocycles. The van der Waals surface area contributed by atoms with E-state index in [1.165, 1.54) is 0 Å². The van der Waals surface area contributed by atoms with Crippen LogP contribution >= 0.6 is 0 Å². The van der Waals surface area contributed by atoms with Gasteiger partial charge in [-0.05, 0) is 42.8 Å². The molecule has 3 rings (SSSR count). The third-order valence-electron chi connectivity index (χ3n) is 4.55. The minimum atomic E-state index is -0.385. The first-order chi connectivity index (χ1) is 14.1. The standard InChI is InChI=1S/C22H26N4O3/c1-3-5-14-29-17-12-10-16(11-13-17)22(28)25-24-21(27)15-26-19-9-7-6-8-18(19)23-20(26)4-2/h6-13H,3-5,14-15H2,1-2H3,(H,24,27)(H,25,28). The average molecular weight is 394 g/mol. The molecule has 3 aromatic rings. The van der Waals surface area contributed by atoms with Gasteiger partial charge >= 0.3 is 0 Å². The molecule has 0 aliphatic rings. The van der Waals surface area contributed by atoms with E-state index in [1.807, 2.05) is 35.8 Å². The number of hydrogen-bond donors (Lipinski definition) is 2. The van der Waals surface area contributed by atoms with E-state index in [0.717, 1.165) is 35.4 Å². The van der Waals surface area contributed by atoms with Gasteiger partial charge in [0.25, 0.3) is 11.8 Å². The minimum Gasteiger partial charge on any atom is -0.494 e. The Balaban J connectivity index is 1.56. The Labute approximate surface area is 170 Å². The first kappa shape index (κ1) is 20.4. The number of nitrogens with zero attached hydrogens (tertiary/aromatic N) is 2. The highest BCUT2D eigenvalue weighted by molar-refractivity contribution is 5.95. The lowest BCUT2D eigenvalue weighted by Crippen LogP contribution is -2.43. The van der Waals surface area contributed by atoms with E-state index in [2.05, 4.69) is 22.8 Å². The van der Waals surface area contributed by atoms with Crippen molar-refractivity contribution in [3.8, 4) is 5.75 Å². The molecular formula is C22H26N4O3. The number of unbranched alkanes of at least 4 members (excludes halogenated alkanes) is 1. The summed E-state index contributed by atoms with van der Waals surface area (Å²) in [5.74, 6) is 0.838. The number of aryl methyl sites for hydroxylation is 1. The summed E-state index contributed by atoms with van der Waals surface area (Å²) in [6.07, 6.45) is 2.76. The third kappa shape index (κ3) is 5.13. The van der Waals surface area contributed by atoms with Crippen molar-refractivity contribution in [2.75, 3.05) is 6.61 Å². The number of fused-ring (bicyclic) bond motifs is 1. The molecule has 2 aromatic carbocycles. The molecule has 0 atom stereocenters. The molecule has 0 unspecified atom stereocenters. The van der Waals surface area contributed by atoms with Gasteiger partial charge < -0.3 is 9.30 Å². The molecule has 1 heterocycles. The Kier molecular flexibility index (Phi) is 6.84. The Morgan fingerprint density at radius 1 is 1.03 bits per heavy atom. The highest BCUT2D eigenvalue weighted by Gasteiger charge is 2.13. The van der Waals surface area contributed by atoms with Gasteiger partial charge in [0.15, 0.2) is 0 Å².